The zero-order valence-electron chi connectivity index (χ0n) is 35.8. The van der Waals surface area contributed by atoms with Crippen molar-refractivity contribution >= 4 is 32.0 Å². The molecule has 0 unspecified atom stereocenters. The van der Waals surface area contributed by atoms with Crippen molar-refractivity contribution < 1.29 is 66.6 Å². The van der Waals surface area contributed by atoms with Crippen LogP contribution in [0.1, 0.15) is 65.5 Å². The highest BCUT2D eigenvalue weighted by molar-refractivity contribution is 6.74. The average molecular weight is 858 g/mol. The van der Waals surface area contributed by atoms with Gasteiger partial charge in [-0.2, -0.15) is 0 Å². The molecule has 0 spiro atoms. The number of ether oxygens (including phenoxy) is 8. The second kappa shape index (κ2) is 22.0. The number of rotatable bonds is 20. The topological polar surface area (TPSA) is 220 Å². The van der Waals surface area contributed by atoms with Crippen molar-refractivity contribution in [2.75, 3.05) is 13.7 Å². The Labute approximate surface area is 352 Å². The zero-order valence-corrected chi connectivity index (χ0v) is 36.8. The fourth-order valence-corrected chi connectivity index (χ4v) is 9.21. The summed E-state index contributed by atoms with van der Waals surface area (Å²) in [5, 5.41) is 15.5. The van der Waals surface area contributed by atoms with Crippen LogP contribution in [-0.4, -0.2) is 112 Å². The number of ketones is 1. The van der Waals surface area contributed by atoms with Gasteiger partial charge in [0.15, 0.2) is 33.1 Å². The lowest BCUT2D eigenvalue weighted by atomic mass is 9.95. The highest BCUT2D eigenvalue weighted by atomic mass is 28.4. The van der Waals surface area contributed by atoms with E-state index in [-0.39, 0.29) is 42.8 Å². The van der Waals surface area contributed by atoms with E-state index in [9.17, 15) is 29.8 Å². The van der Waals surface area contributed by atoms with Gasteiger partial charge in [-0.3, -0.25) is 9.59 Å². The van der Waals surface area contributed by atoms with Crippen LogP contribution in [0.2, 0.25) is 18.1 Å². The molecule has 60 heavy (non-hydrogen) atoms. The summed E-state index contributed by atoms with van der Waals surface area (Å²) in [6, 6.07) is 16.9. The van der Waals surface area contributed by atoms with E-state index in [0.717, 1.165) is 12.7 Å². The lowest BCUT2D eigenvalue weighted by molar-refractivity contribution is -0.346. The molecule has 2 saturated heterocycles. The van der Waals surface area contributed by atoms with Gasteiger partial charge >= 0.3 is 17.9 Å². The molecule has 2 aliphatic heterocycles. The molecule has 0 amide bonds. The van der Waals surface area contributed by atoms with Crippen LogP contribution in [0.15, 0.2) is 65.8 Å². The van der Waals surface area contributed by atoms with E-state index in [2.05, 4.69) is 37.7 Å². The summed E-state index contributed by atoms with van der Waals surface area (Å²) in [5.74, 6) is -2.55. The number of methoxy groups -OCH3 is 1. The van der Waals surface area contributed by atoms with E-state index < -0.39 is 94.2 Å². The van der Waals surface area contributed by atoms with Crippen molar-refractivity contribution in [2.45, 2.75) is 147 Å². The monoisotopic (exact) mass is 857 g/mol. The second-order valence-corrected chi connectivity index (χ2v) is 20.8. The van der Waals surface area contributed by atoms with E-state index in [4.69, 9.17) is 42.3 Å². The summed E-state index contributed by atoms with van der Waals surface area (Å²) in [7, 11) is -1.64. The quantitative estimate of drug-likeness (QED) is 0.0421. The Morgan fingerprint density at radius 1 is 0.867 bits per heavy atom. The first-order valence-corrected chi connectivity index (χ1v) is 22.9. The minimum absolute atomic E-state index is 0.0184. The molecule has 0 aromatic heterocycles. The molecule has 18 heteroatoms. The molecule has 17 nitrogen and oxygen atoms in total. The number of carbonyl (C=O) groups excluding carboxylic acids is 4. The summed E-state index contributed by atoms with van der Waals surface area (Å²) in [5.41, 5.74) is 11.4. The highest BCUT2D eigenvalue weighted by Gasteiger charge is 2.57. The lowest BCUT2D eigenvalue weighted by Gasteiger charge is -2.51. The standard InChI is InChI=1S/C42H59N3O14Si/c1-25(2)42(5,6)60(8,9)59-40-32(44-45-43)35(53-22-28-16-12-10-13-17-28)34(30(55-40)24-52-27(4)47)57-41-38(56-31(48)21-20-26(3)46)36(33(49)37(58-41)39(50)51-7)54-23-29-18-14-11-15-19-29/h10-19,25,30,32-38,40-41,49H,20-24H2,1-9H3/t30-,32-,33+,34-,35-,36+,37-,38-,40+,41-/m1/s1. The maximum Gasteiger partial charge on any atom is 0.337 e. The first-order valence-electron chi connectivity index (χ1n) is 20.0. The Kier molecular flexibility index (Phi) is 17.8. The van der Waals surface area contributed by atoms with Crippen LogP contribution in [0.3, 0.4) is 0 Å². The fourth-order valence-electron chi connectivity index (χ4n) is 6.74. The third-order valence-electron chi connectivity index (χ3n) is 11.4. The Morgan fingerprint density at radius 2 is 1.45 bits per heavy atom. The van der Waals surface area contributed by atoms with Crippen LogP contribution >= 0.6 is 0 Å². The van der Waals surface area contributed by atoms with Gasteiger partial charge in [0.05, 0.1) is 26.7 Å². The number of esters is 3. The molecule has 1 N–H and O–H groups in total. The number of Topliss-reactive ketones (excluding diaryl/α,β-unsaturated/α-hetero) is 1. The van der Waals surface area contributed by atoms with Gasteiger partial charge in [0.25, 0.3) is 0 Å². The molecule has 2 heterocycles. The Hall–Kier alpha value is -4.23. The van der Waals surface area contributed by atoms with Gasteiger partial charge in [0.2, 0.25) is 0 Å². The van der Waals surface area contributed by atoms with E-state index in [0.29, 0.717) is 5.56 Å². The molecule has 0 radical (unpaired) electrons. The van der Waals surface area contributed by atoms with Gasteiger partial charge in [-0.05, 0) is 47.6 Å². The number of aliphatic hydroxyl groups excluding tert-OH is 1. The van der Waals surface area contributed by atoms with Gasteiger partial charge in [-0.15, -0.1) is 0 Å². The van der Waals surface area contributed by atoms with Crippen molar-refractivity contribution in [3.05, 3.63) is 82.2 Å². The molecule has 0 saturated carbocycles. The minimum Gasteiger partial charge on any atom is -0.467 e. The number of benzene rings is 2. The van der Waals surface area contributed by atoms with Crippen LogP contribution in [-0.2, 0) is 74.7 Å². The Bertz CT molecular complexity index is 1780. The van der Waals surface area contributed by atoms with Crippen LogP contribution in [0, 0.1) is 5.92 Å². The zero-order chi connectivity index (χ0) is 44.2. The maximum atomic E-state index is 13.4. The lowest BCUT2D eigenvalue weighted by Crippen LogP contribution is -2.67. The molecule has 2 aromatic rings. The average Bonchev–Trinajstić information content (AvgIpc) is 3.20. The largest absolute Gasteiger partial charge is 0.467 e. The van der Waals surface area contributed by atoms with Crippen LogP contribution in [0.25, 0.3) is 10.4 Å². The number of hydrogen-bond donors (Lipinski definition) is 1. The molecule has 330 valence electrons. The molecule has 2 aliphatic rings. The van der Waals surface area contributed by atoms with E-state index in [1.807, 2.05) is 49.5 Å². The summed E-state index contributed by atoms with van der Waals surface area (Å²) in [6.45, 7) is 14.5. The molecular formula is C42H59N3O14Si. The van der Waals surface area contributed by atoms with Crippen molar-refractivity contribution in [3.63, 3.8) is 0 Å². The Balaban J connectivity index is 1.86. The summed E-state index contributed by atoms with van der Waals surface area (Å²) in [4.78, 5) is 53.9. The maximum absolute atomic E-state index is 13.4. The molecule has 2 aromatic carbocycles. The predicted molar refractivity (Wildman–Crippen MR) is 217 cm³/mol. The molecule has 0 aliphatic carbocycles. The first-order chi connectivity index (χ1) is 28.4. The molecule has 4 rings (SSSR count). The third kappa shape index (κ3) is 12.7. The van der Waals surface area contributed by atoms with Gasteiger partial charge in [-0.25, -0.2) is 4.79 Å². The molecule has 10 atom stereocenters. The van der Waals surface area contributed by atoms with Gasteiger partial charge in [-0.1, -0.05) is 93.5 Å². The van der Waals surface area contributed by atoms with Crippen LogP contribution in [0.4, 0.5) is 0 Å². The van der Waals surface area contributed by atoms with Gasteiger partial charge in [0.1, 0.15) is 49.0 Å². The highest BCUT2D eigenvalue weighted by Crippen LogP contribution is 2.46. The number of carbonyl (C=O) groups is 4. The smallest absolute Gasteiger partial charge is 0.337 e. The van der Waals surface area contributed by atoms with Crippen LogP contribution < -0.4 is 0 Å². The van der Waals surface area contributed by atoms with Crippen LogP contribution in [0.5, 0.6) is 0 Å². The first kappa shape index (κ1) is 48.4. The summed E-state index contributed by atoms with van der Waals surface area (Å²) < 4.78 is 55.4. The van der Waals surface area contributed by atoms with Crippen molar-refractivity contribution in [1.82, 2.24) is 0 Å². The van der Waals surface area contributed by atoms with Crippen molar-refractivity contribution in [3.8, 4) is 0 Å². The van der Waals surface area contributed by atoms with E-state index in [1.54, 1.807) is 24.3 Å². The normalized spacial score (nSPS) is 27.1. The van der Waals surface area contributed by atoms with Crippen molar-refractivity contribution in [2.24, 2.45) is 11.0 Å². The van der Waals surface area contributed by atoms with Gasteiger partial charge in [0, 0.05) is 18.3 Å². The number of hydrogen-bond acceptors (Lipinski definition) is 15. The van der Waals surface area contributed by atoms with E-state index >= 15 is 0 Å². The number of aliphatic hydroxyl groups is 1. The SMILES string of the molecule is COC(=O)[C@@H]1O[C@@H](O[C@H]2[C@H](OCc3ccccc3)[C@@H](N=[N+]=[N-])[C@H](O[Si](C)(C)C(C)(C)C(C)C)O[C@@H]2COC(C)=O)[C@H](OC(=O)CCC(C)=O)[C@@H](OCc2ccccc2)[C@@H]1O. The number of azide groups is 1. The minimum atomic E-state index is -2.75. The second-order valence-electron chi connectivity index (χ2n) is 16.3. The molecule has 0 bridgehead atoms. The van der Waals surface area contributed by atoms with Gasteiger partial charge < -0.3 is 52.2 Å². The molecular weight excluding hydrogens is 799 g/mol. The van der Waals surface area contributed by atoms with E-state index in [1.165, 1.54) is 13.8 Å². The van der Waals surface area contributed by atoms with Crippen molar-refractivity contribution in [1.29, 1.82) is 0 Å². The Morgan fingerprint density at radius 3 is 1.97 bits per heavy atom. The summed E-state index contributed by atoms with van der Waals surface area (Å²) in [6.07, 6.45) is -13.7. The molecule has 2 fully saturated rings. The third-order valence-corrected chi connectivity index (χ3v) is 15.9. The fraction of sp³-hybridized carbons (Fsp3) is 0.619. The predicted octanol–water partition coefficient (Wildman–Crippen LogP) is 5.71. The summed E-state index contributed by atoms with van der Waals surface area (Å²) >= 11 is 0. The number of nitrogens with zero attached hydrogens (tertiary/aromatic N) is 3.